The van der Waals surface area contributed by atoms with Gasteiger partial charge in [-0.1, -0.05) is 55.9 Å². The number of hydrogen-bond acceptors (Lipinski definition) is 3. The lowest BCUT2D eigenvalue weighted by Gasteiger charge is -2.14. The van der Waals surface area contributed by atoms with Crippen molar-refractivity contribution in [2.75, 3.05) is 5.75 Å². The topological polar surface area (TPSA) is 54.4 Å². The second kappa shape index (κ2) is 6.45. The second-order valence-corrected chi connectivity index (χ2v) is 5.15. The molecule has 17 heavy (non-hydrogen) atoms. The lowest BCUT2D eigenvalue weighted by atomic mass is 9.98. The third kappa shape index (κ3) is 4.23. The summed E-state index contributed by atoms with van der Waals surface area (Å²) in [6.07, 6.45) is 0. The molecule has 0 bridgehead atoms. The van der Waals surface area contributed by atoms with Gasteiger partial charge in [-0.2, -0.15) is 0 Å². The summed E-state index contributed by atoms with van der Waals surface area (Å²) in [5.74, 6) is -0.967. The van der Waals surface area contributed by atoms with Crippen LogP contribution in [0.2, 0.25) is 0 Å². The van der Waals surface area contributed by atoms with E-state index in [2.05, 4.69) is 0 Å². The third-order valence-electron chi connectivity index (χ3n) is 2.53. The second-order valence-electron chi connectivity index (χ2n) is 4.15. The Morgan fingerprint density at radius 3 is 2.29 bits per heavy atom. The molecule has 1 N–H and O–H groups in total. The largest absolute Gasteiger partial charge is 0.481 e. The first-order valence-corrected chi connectivity index (χ1v) is 6.46. The molecule has 0 saturated carbocycles. The summed E-state index contributed by atoms with van der Waals surface area (Å²) in [7, 11) is 0. The Balaban J connectivity index is 2.56. The van der Waals surface area contributed by atoms with Crippen molar-refractivity contribution in [3.05, 3.63) is 35.9 Å². The highest BCUT2D eigenvalue weighted by Gasteiger charge is 2.22. The molecule has 0 aliphatic rings. The van der Waals surface area contributed by atoms with Crippen LogP contribution in [0.15, 0.2) is 30.3 Å². The highest BCUT2D eigenvalue weighted by molar-refractivity contribution is 8.14. The van der Waals surface area contributed by atoms with Crippen molar-refractivity contribution < 1.29 is 14.7 Å². The molecule has 92 valence electrons. The van der Waals surface area contributed by atoms with Crippen LogP contribution in [0.1, 0.15) is 24.2 Å². The minimum atomic E-state index is -0.839. The molecule has 0 spiro atoms. The van der Waals surface area contributed by atoms with Gasteiger partial charge in [0.1, 0.15) is 0 Å². The van der Waals surface area contributed by atoms with E-state index in [4.69, 9.17) is 5.11 Å². The Kier molecular flexibility index (Phi) is 5.22. The molecule has 0 fully saturated rings. The predicted octanol–water partition coefficient (Wildman–Crippen LogP) is 2.92. The lowest BCUT2D eigenvalue weighted by molar-refractivity contribution is -0.142. The fourth-order valence-corrected chi connectivity index (χ4v) is 2.53. The predicted molar refractivity (Wildman–Crippen MR) is 69.2 cm³/mol. The van der Waals surface area contributed by atoms with Gasteiger partial charge in [-0.05, 0) is 5.92 Å². The Labute approximate surface area is 105 Å². The molecule has 0 aliphatic carbocycles. The minimum Gasteiger partial charge on any atom is -0.481 e. The fourth-order valence-electron chi connectivity index (χ4n) is 1.37. The summed E-state index contributed by atoms with van der Waals surface area (Å²) in [6, 6.07) is 8.91. The molecule has 1 aromatic rings. The number of benzene rings is 1. The van der Waals surface area contributed by atoms with E-state index >= 15 is 0 Å². The van der Waals surface area contributed by atoms with Crippen LogP contribution in [0.4, 0.5) is 0 Å². The molecular formula is C13H16O3S. The van der Waals surface area contributed by atoms with Gasteiger partial charge in [0.2, 0.25) is 5.12 Å². The fraction of sp³-hybridized carbons (Fsp3) is 0.385. The zero-order chi connectivity index (χ0) is 12.8. The van der Waals surface area contributed by atoms with Crippen molar-refractivity contribution in [3.8, 4) is 0 Å². The summed E-state index contributed by atoms with van der Waals surface area (Å²) in [6.45, 7) is 3.71. The number of rotatable bonds is 5. The van der Waals surface area contributed by atoms with Gasteiger partial charge >= 0.3 is 5.97 Å². The molecule has 0 radical (unpaired) electrons. The Bertz CT molecular complexity index is 387. The number of carbonyl (C=O) groups excluding carboxylic acids is 1. The SMILES string of the molecule is CC(C)[C@H](CSC(=O)c1ccccc1)C(=O)O. The number of hydrogen-bond donors (Lipinski definition) is 1. The van der Waals surface area contributed by atoms with E-state index in [0.717, 1.165) is 11.8 Å². The van der Waals surface area contributed by atoms with E-state index in [9.17, 15) is 9.59 Å². The molecule has 0 heterocycles. The maximum atomic E-state index is 11.8. The summed E-state index contributed by atoms with van der Waals surface area (Å²) >= 11 is 1.07. The lowest BCUT2D eigenvalue weighted by Crippen LogP contribution is -2.22. The molecule has 0 aromatic heterocycles. The van der Waals surface area contributed by atoms with Crippen molar-refractivity contribution in [1.82, 2.24) is 0 Å². The molecule has 1 aromatic carbocycles. The van der Waals surface area contributed by atoms with Gasteiger partial charge in [0.25, 0.3) is 0 Å². The molecule has 0 amide bonds. The van der Waals surface area contributed by atoms with Crippen molar-refractivity contribution in [2.24, 2.45) is 11.8 Å². The van der Waals surface area contributed by atoms with Crippen molar-refractivity contribution in [3.63, 3.8) is 0 Å². The first kappa shape index (κ1) is 13.8. The zero-order valence-electron chi connectivity index (χ0n) is 9.92. The smallest absolute Gasteiger partial charge is 0.307 e. The average Bonchev–Trinajstić information content (AvgIpc) is 2.29. The van der Waals surface area contributed by atoms with Gasteiger partial charge in [-0.15, -0.1) is 0 Å². The van der Waals surface area contributed by atoms with Crippen LogP contribution in [-0.4, -0.2) is 21.9 Å². The normalized spacial score (nSPS) is 12.4. The van der Waals surface area contributed by atoms with Crippen LogP contribution in [0.25, 0.3) is 0 Å². The van der Waals surface area contributed by atoms with Crippen molar-refractivity contribution in [2.45, 2.75) is 13.8 Å². The molecule has 3 nitrogen and oxygen atoms in total. The van der Waals surface area contributed by atoms with E-state index in [-0.39, 0.29) is 11.0 Å². The molecule has 0 unspecified atom stereocenters. The van der Waals surface area contributed by atoms with E-state index < -0.39 is 11.9 Å². The van der Waals surface area contributed by atoms with Crippen LogP contribution in [0.3, 0.4) is 0 Å². The molecule has 1 rings (SSSR count). The van der Waals surface area contributed by atoms with Gasteiger partial charge in [-0.25, -0.2) is 0 Å². The average molecular weight is 252 g/mol. The first-order chi connectivity index (χ1) is 8.02. The number of thioether (sulfide) groups is 1. The highest BCUT2D eigenvalue weighted by atomic mass is 32.2. The maximum Gasteiger partial charge on any atom is 0.307 e. The molecular weight excluding hydrogens is 236 g/mol. The third-order valence-corrected chi connectivity index (χ3v) is 3.55. The first-order valence-electron chi connectivity index (χ1n) is 5.47. The van der Waals surface area contributed by atoms with Gasteiger partial charge in [0.05, 0.1) is 5.92 Å². The van der Waals surface area contributed by atoms with Crippen LogP contribution >= 0.6 is 11.8 Å². The Hall–Kier alpha value is -1.29. The van der Waals surface area contributed by atoms with Gasteiger partial charge < -0.3 is 5.11 Å². The van der Waals surface area contributed by atoms with E-state index in [0.29, 0.717) is 11.3 Å². The van der Waals surface area contributed by atoms with Gasteiger partial charge in [0, 0.05) is 11.3 Å². The summed E-state index contributed by atoms with van der Waals surface area (Å²) in [5, 5.41) is 8.93. The number of carbonyl (C=O) groups is 2. The summed E-state index contributed by atoms with van der Waals surface area (Å²) < 4.78 is 0. The van der Waals surface area contributed by atoms with Crippen LogP contribution in [0, 0.1) is 11.8 Å². The molecule has 0 saturated heterocycles. The molecule has 0 aliphatic heterocycles. The Morgan fingerprint density at radius 1 is 1.24 bits per heavy atom. The van der Waals surface area contributed by atoms with Crippen LogP contribution < -0.4 is 0 Å². The Morgan fingerprint density at radius 2 is 1.82 bits per heavy atom. The molecule has 4 heteroatoms. The van der Waals surface area contributed by atoms with E-state index in [1.54, 1.807) is 24.3 Å². The quantitative estimate of drug-likeness (QED) is 0.875. The van der Waals surface area contributed by atoms with E-state index in [1.807, 2.05) is 19.9 Å². The standard InChI is InChI=1S/C13H16O3S/c1-9(2)11(12(14)15)8-17-13(16)10-6-4-3-5-7-10/h3-7,9,11H,8H2,1-2H3,(H,14,15)/t11-/m0/s1. The zero-order valence-corrected chi connectivity index (χ0v) is 10.7. The molecule has 1 atom stereocenters. The maximum absolute atomic E-state index is 11.8. The monoisotopic (exact) mass is 252 g/mol. The number of aliphatic carboxylic acids is 1. The minimum absolute atomic E-state index is 0.0311. The number of carboxylic acid groups (broad SMARTS) is 1. The van der Waals surface area contributed by atoms with Crippen LogP contribution in [-0.2, 0) is 4.79 Å². The number of carboxylic acids is 1. The highest BCUT2D eigenvalue weighted by Crippen LogP contribution is 2.20. The summed E-state index contributed by atoms with van der Waals surface area (Å²) in [4.78, 5) is 22.7. The van der Waals surface area contributed by atoms with Crippen molar-refractivity contribution >= 4 is 22.8 Å². The van der Waals surface area contributed by atoms with Gasteiger partial charge in [-0.3, -0.25) is 9.59 Å². The van der Waals surface area contributed by atoms with Crippen LogP contribution in [0.5, 0.6) is 0 Å². The van der Waals surface area contributed by atoms with E-state index in [1.165, 1.54) is 0 Å². The van der Waals surface area contributed by atoms with Crippen molar-refractivity contribution in [1.29, 1.82) is 0 Å². The summed E-state index contributed by atoms with van der Waals surface area (Å²) in [5.41, 5.74) is 0.616. The van der Waals surface area contributed by atoms with Gasteiger partial charge in [0.15, 0.2) is 0 Å².